The number of hydrogen-bond acceptors (Lipinski definition) is 6. The van der Waals surface area contributed by atoms with Gasteiger partial charge in [-0.3, -0.25) is 19.7 Å². The predicted molar refractivity (Wildman–Crippen MR) is 115 cm³/mol. The van der Waals surface area contributed by atoms with Gasteiger partial charge in [-0.05, 0) is 29.3 Å². The lowest BCUT2D eigenvalue weighted by molar-refractivity contribution is -0.385. The van der Waals surface area contributed by atoms with Crippen molar-refractivity contribution in [2.45, 2.75) is 24.6 Å². The quantitative estimate of drug-likeness (QED) is 0.381. The van der Waals surface area contributed by atoms with Gasteiger partial charge in [0.2, 0.25) is 17.4 Å². The number of nitro groups is 1. The van der Waals surface area contributed by atoms with Crippen LogP contribution in [0.5, 0.6) is 5.75 Å². The Bertz CT molecular complexity index is 1340. The van der Waals surface area contributed by atoms with Crippen molar-refractivity contribution in [1.82, 2.24) is 14.8 Å². The van der Waals surface area contributed by atoms with Crippen LogP contribution in [-0.4, -0.2) is 67.6 Å². The minimum absolute atomic E-state index is 0.0241. The Morgan fingerprint density at radius 1 is 1.18 bits per heavy atom. The molecule has 3 aromatic rings. The highest BCUT2D eigenvalue weighted by Crippen LogP contribution is 2.35. The van der Waals surface area contributed by atoms with Gasteiger partial charge in [-0.2, -0.15) is 4.39 Å². The fourth-order valence-electron chi connectivity index (χ4n) is 4.32. The van der Waals surface area contributed by atoms with E-state index in [-0.39, 0.29) is 28.5 Å². The molecular formula is C22H20F2N4O6. The summed E-state index contributed by atoms with van der Waals surface area (Å²) in [4.78, 5) is 41.5. The molecule has 4 rings (SSSR count). The molecule has 0 unspecified atom stereocenters. The Kier molecular flexibility index (Phi) is 5.48. The van der Waals surface area contributed by atoms with E-state index in [2.05, 4.69) is 4.98 Å². The number of phenolic OH excluding ortho intramolecular Hbond substituents is 1. The van der Waals surface area contributed by atoms with Crippen LogP contribution in [0.15, 0.2) is 36.5 Å². The van der Waals surface area contributed by atoms with Gasteiger partial charge in [0.05, 0.1) is 15.8 Å². The zero-order valence-corrected chi connectivity index (χ0v) is 18.1. The number of carbonyl (C=O) groups excluding carboxylic acids is 2. The molecule has 1 saturated heterocycles. The van der Waals surface area contributed by atoms with Crippen LogP contribution in [0.1, 0.15) is 11.1 Å². The lowest BCUT2D eigenvalue weighted by Crippen LogP contribution is -2.71. The Labute approximate surface area is 191 Å². The summed E-state index contributed by atoms with van der Waals surface area (Å²) in [6.07, 6.45) is 0.576. The maximum atomic E-state index is 14.3. The van der Waals surface area contributed by atoms with Crippen molar-refractivity contribution in [3.05, 3.63) is 69.4 Å². The molecule has 0 aliphatic carbocycles. The normalized spacial score (nSPS) is 20.9. The first-order chi connectivity index (χ1) is 16.0. The smallest absolute Gasteiger partial charge is 0.314 e. The summed E-state index contributed by atoms with van der Waals surface area (Å²) in [5.41, 5.74) is -2.85. The molecule has 2 atom stereocenters. The van der Waals surface area contributed by atoms with Gasteiger partial charge in [-0.15, -0.1) is 0 Å². The molecule has 1 fully saturated rings. The fraction of sp³-hybridized carbons (Fsp3) is 0.273. The minimum Gasteiger partial charge on any atom is -0.505 e. The number of phenols is 1. The van der Waals surface area contributed by atoms with Crippen LogP contribution in [0.3, 0.4) is 0 Å². The second-order valence-electron chi connectivity index (χ2n) is 8.17. The van der Waals surface area contributed by atoms with Crippen LogP contribution in [0, 0.1) is 21.7 Å². The molecule has 12 heteroatoms. The number of halogens is 2. The van der Waals surface area contributed by atoms with E-state index in [0.717, 1.165) is 21.9 Å². The Balaban J connectivity index is 1.69. The zero-order valence-electron chi connectivity index (χ0n) is 18.1. The van der Waals surface area contributed by atoms with Gasteiger partial charge < -0.3 is 25.0 Å². The number of hydrogen-bond donors (Lipinski definition) is 3. The largest absolute Gasteiger partial charge is 0.505 e. The van der Waals surface area contributed by atoms with E-state index in [1.54, 1.807) is 0 Å². The number of amides is 2. The monoisotopic (exact) mass is 474 g/mol. The number of fused-ring (bicyclic) bond motifs is 1. The number of aromatic nitrogens is 1. The lowest BCUT2D eigenvalue weighted by atomic mass is 9.92. The molecule has 0 saturated carbocycles. The van der Waals surface area contributed by atoms with E-state index in [9.17, 15) is 38.7 Å². The van der Waals surface area contributed by atoms with Crippen LogP contribution in [-0.2, 0) is 22.4 Å². The summed E-state index contributed by atoms with van der Waals surface area (Å²) in [5, 5.41) is 32.1. The molecule has 2 amide bonds. The summed E-state index contributed by atoms with van der Waals surface area (Å²) >= 11 is 0. The zero-order chi connectivity index (χ0) is 24.9. The van der Waals surface area contributed by atoms with Crippen molar-refractivity contribution in [3.63, 3.8) is 0 Å². The Morgan fingerprint density at radius 2 is 1.88 bits per heavy atom. The van der Waals surface area contributed by atoms with Crippen molar-refractivity contribution in [2.75, 3.05) is 14.1 Å². The number of carbonyl (C=O) groups is 2. The van der Waals surface area contributed by atoms with Gasteiger partial charge in [-0.1, -0.05) is 12.1 Å². The van der Waals surface area contributed by atoms with Crippen molar-refractivity contribution < 1.29 is 33.5 Å². The number of nitrogens with one attached hydrogen (secondary N) is 1. The number of likely N-dealkylation sites (N-methyl/N-ethyl adjacent to an activating group) is 2. The molecule has 3 N–H and O–H groups in total. The summed E-state index contributed by atoms with van der Waals surface area (Å²) in [5.74, 6) is -4.36. The predicted octanol–water partition coefficient (Wildman–Crippen LogP) is 1.83. The number of rotatable bonds is 5. The van der Waals surface area contributed by atoms with E-state index in [0.29, 0.717) is 0 Å². The highest BCUT2D eigenvalue weighted by Gasteiger charge is 2.53. The second kappa shape index (κ2) is 8.06. The van der Waals surface area contributed by atoms with E-state index in [4.69, 9.17) is 0 Å². The van der Waals surface area contributed by atoms with E-state index in [1.807, 2.05) is 0 Å². The molecular weight excluding hydrogens is 454 g/mol. The number of piperazine rings is 1. The first-order valence-electron chi connectivity index (χ1n) is 10.1. The number of benzene rings is 2. The van der Waals surface area contributed by atoms with Gasteiger partial charge in [0.15, 0.2) is 11.6 Å². The first kappa shape index (κ1) is 23.1. The average molecular weight is 474 g/mol. The summed E-state index contributed by atoms with van der Waals surface area (Å²) in [6.45, 7) is 0. The summed E-state index contributed by atoms with van der Waals surface area (Å²) in [6, 6.07) is 4.82. The SMILES string of the molecule is CN1C(=O)[C@](O)(Cc2cccc(O)c2F)N(C)C(=O)[C@@H]1Cc1c[nH]c2ccc(F)c([N+](=O)[O-])c12. The third-order valence-corrected chi connectivity index (χ3v) is 6.24. The lowest BCUT2D eigenvalue weighted by Gasteiger charge is -2.47. The average Bonchev–Trinajstić information content (AvgIpc) is 3.19. The second-order valence-corrected chi connectivity index (χ2v) is 8.17. The number of aromatic amines is 1. The third kappa shape index (κ3) is 3.43. The first-order valence-corrected chi connectivity index (χ1v) is 10.1. The van der Waals surface area contributed by atoms with Crippen LogP contribution in [0.4, 0.5) is 14.5 Å². The van der Waals surface area contributed by atoms with Gasteiger partial charge in [-0.25, -0.2) is 4.39 Å². The maximum Gasteiger partial charge on any atom is 0.314 e. The Hall–Kier alpha value is -4.06. The number of aromatic hydroxyl groups is 1. The van der Waals surface area contributed by atoms with Gasteiger partial charge >= 0.3 is 5.69 Å². The molecule has 2 heterocycles. The van der Waals surface area contributed by atoms with Crippen molar-refractivity contribution >= 4 is 28.4 Å². The molecule has 1 aromatic heterocycles. The maximum absolute atomic E-state index is 14.3. The fourth-order valence-corrected chi connectivity index (χ4v) is 4.32. The van der Waals surface area contributed by atoms with Gasteiger partial charge in [0.1, 0.15) is 6.04 Å². The van der Waals surface area contributed by atoms with Crippen LogP contribution in [0.2, 0.25) is 0 Å². The standard InChI is InChI=1S/C22H20F2N4O6/c1-26-15(8-12-10-25-14-7-6-13(23)19(17(12)14)28(33)34)20(30)27(2)22(32,21(26)31)9-11-4-3-5-16(29)18(11)24/h3-7,10,15,25,29,32H,8-9H2,1-2H3/t15-,22+/m0/s1. The topological polar surface area (TPSA) is 140 Å². The number of aliphatic hydroxyl groups is 1. The number of H-pyrrole nitrogens is 1. The van der Waals surface area contributed by atoms with Crippen molar-refractivity contribution in [2.24, 2.45) is 0 Å². The van der Waals surface area contributed by atoms with Crippen molar-refractivity contribution in [1.29, 1.82) is 0 Å². The van der Waals surface area contributed by atoms with E-state index >= 15 is 0 Å². The van der Waals surface area contributed by atoms with Crippen LogP contribution in [0.25, 0.3) is 10.9 Å². The number of nitro benzene ring substituents is 1. The molecule has 0 bridgehead atoms. The minimum atomic E-state index is -2.44. The van der Waals surface area contributed by atoms with Gasteiger partial charge in [0.25, 0.3) is 5.91 Å². The highest BCUT2D eigenvalue weighted by atomic mass is 19.1. The van der Waals surface area contributed by atoms with E-state index < -0.39 is 58.0 Å². The molecule has 178 valence electrons. The molecule has 1 aliphatic heterocycles. The van der Waals surface area contributed by atoms with Crippen molar-refractivity contribution in [3.8, 4) is 5.75 Å². The molecule has 0 spiro atoms. The molecule has 2 aromatic carbocycles. The molecule has 10 nitrogen and oxygen atoms in total. The van der Waals surface area contributed by atoms with Crippen LogP contribution >= 0.6 is 0 Å². The van der Waals surface area contributed by atoms with Crippen LogP contribution < -0.4 is 0 Å². The van der Waals surface area contributed by atoms with E-state index in [1.165, 1.54) is 38.5 Å². The molecule has 34 heavy (non-hydrogen) atoms. The molecule has 1 aliphatic rings. The molecule has 0 radical (unpaired) electrons. The third-order valence-electron chi connectivity index (χ3n) is 6.24. The summed E-state index contributed by atoms with van der Waals surface area (Å²) < 4.78 is 28.5. The summed E-state index contributed by atoms with van der Waals surface area (Å²) in [7, 11) is 2.45. The Morgan fingerprint density at radius 3 is 2.56 bits per heavy atom. The number of nitrogens with zero attached hydrogens (tertiary/aromatic N) is 3. The highest BCUT2D eigenvalue weighted by molar-refractivity contribution is 5.99. The van der Waals surface area contributed by atoms with Gasteiger partial charge in [0, 0.05) is 33.1 Å².